The van der Waals surface area contributed by atoms with Gasteiger partial charge in [0, 0.05) is 36.8 Å². The van der Waals surface area contributed by atoms with Crippen molar-refractivity contribution in [1.29, 1.82) is 0 Å². The summed E-state index contributed by atoms with van der Waals surface area (Å²) in [4.78, 5) is 18.7. The molecule has 1 aromatic carbocycles. The van der Waals surface area contributed by atoms with Crippen LogP contribution in [0.5, 0.6) is 0 Å². The van der Waals surface area contributed by atoms with Crippen molar-refractivity contribution in [3.63, 3.8) is 0 Å². The van der Waals surface area contributed by atoms with Crippen LogP contribution >= 0.6 is 0 Å². The summed E-state index contributed by atoms with van der Waals surface area (Å²) < 4.78 is 15.5. The highest BCUT2D eigenvalue weighted by Crippen LogP contribution is 2.37. The van der Waals surface area contributed by atoms with Crippen LogP contribution in [-0.2, 0) is 17.9 Å². The van der Waals surface area contributed by atoms with E-state index in [1.807, 2.05) is 16.8 Å². The molecule has 1 aliphatic rings. The summed E-state index contributed by atoms with van der Waals surface area (Å²) in [5, 5.41) is 7.75. The van der Waals surface area contributed by atoms with Crippen LogP contribution in [0, 0.1) is 5.82 Å². The molecule has 0 unspecified atom stereocenters. The van der Waals surface area contributed by atoms with Gasteiger partial charge in [0.25, 0.3) is 0 Å². The summed E-state index contributed by atoms with van der Waals surface area (Å²) in [5.41, 5.74) is 4.72. The van der Waals surface area contributed by atoms with E-state index in [9.17, 15) is 9.18 Å². The Morgan fingerprint density at radius 3 is 2.73 bits per heavy atom. The van der Waals surface area contributed by atoms with Gasteiger partial charge in [-0.15, -0.1) is 0 Å². The van der Waals surface area contributed by atoms with Crippen LogP contribution < -0.4 is 5.32 Å². The van der Waals surface area contributed by atoms with Gasteiger partial charge >= 0.3 is 0 Å². The summed E-state index contributed by atoms with van der Waals surface area (Å²) in [7, 11) is 2.09. The second kappa shape index (κ2) is 8.75. The lowest BCUT2D eigenvalue weighted by molar-refractivity contribution is -0.116. The summed E-state index contributed by atoms with van der Waals surface area (Å²) >= 11 is 0. The molecule has 0 fully saturated rings. The fourth-order valence-electron chi connectivity index (χ4n) is 3.75. The minimum atomic E-state index is -0.273. The molecule has 2 aromatic heterocycles. The molecule has 1 aliphatic heterocycles. The maximum absolute atomic E-state index is 13.5. The molecule has 6 nitrogen and oxygen atoms in total. The smallest absolute Gasteiger partial charge is 0.225 e. The lowest BCUT2D eigenvalue weighted by Gasteiger charge is -2.24. The minimum absolute atomic E-state index is 0.0305. The van der Waals surface area contributed by atoms with E-state index in [0.29, 0.717) is 12.2 Å². The fraction of sp³-hybridized carbons (Fsp3) is 0.348. The predicted octanol–water partition coefficient (Wildman–Crippen LogP) is 4.33. The Balaban J connectivity index is 1.76. The molecule has 0 saturated heterocycles. The average molecular weight is 407 g/mol. The number of amides is 1. The van der Waals surface area contributed by atoms with Crippen molar-refractivity contribution in [2.45, 2.75) is 39.3 Å². The van der Waals surface area contributed by atoms with Crippen molar-refractivity contribution in [2.24, 2.45) is 0 Å². The highest BCUT2D eigenvalue weighted by molar-refractivity contribution is 5.91. The predicted molar refractivity (Wildman–Crippen MR) is 115 cm³/mol. The number of halogens is 1. The molecule has 156 valence electrons. The van der Waals surface area contributed by atoms with Gasteiger partial charge in [-0.05, 0) is 55.4 Å². The number of fused-ring (bicyclic) bond motifs is 1. The molecule has 0 bridgehead atoms. The van der Waals surface area contributed by atoms with Crippen LogP contribution in [0.1, 0.15) is 31.9 Å². The van der Waals surface area contributed by atoms with Crippen LogP contribution in [0.4, 0.5) is 10.2 Å². The molecule has 3 heterocycles. The molecular weight excluding hydrogens is 381 g/mol. The first kappa shape index (κ1) is 20.2. The largest absolute Gasteiger partial charge is 0.311 e. The molecule has 3 aromatic rings. The molecular formula is C23H26FN5O. The van der Waals surface area contributed by atoms with Gasteiger partial charge in [-0.1, -0.05) is 13.3 Å². The van der Waals surface area contributed by atoms with Gasteiger partial charge in [0.15, 0.2) is 0 Å². The number of rotatable bonds is 6. The first-order valence-corrected chi connectivity index (χ1v) is 10.4. The van der Waals surface area contributed by atoms with E-state index in [4.69, 9.17) is 5.10 Å². The quantitative estimate of drug-likeness (QED) is 0.661. The lowest BCUT2D eigenvalue weighted by atomic mass is 9.98. The van der Waals surface area contributed by atoms with Gasteiger partial charge in [0.1, 0.15) is 17.3 Å². The van der Waals surface area contributed by atoms with Crippen LogP contribution in [0.15, 0.2) is 42.6 Å². The van der Waals surface area contributed by atoms with Gasteiger partial charge in [0.05, 0.1) is 12.2 Å². The Morgan fingerprint density at radius 2 is 1.97 bits per heavy atom. The Labute approximate surface area is 175 Å². The Morgan fingerprint density at radius 1 is 1.17 bits per heavy atom. The van der Waals surface area contributed by atoms with E-state index in [2.05, 4.69) is 29.2 Å². The Hall–Kier alpha value is -3.06. The normalized spacial score (nSPS) is 13.8. The lowest BCUT2D eigenvalue weighted by Crippen LogP contribution is -2.30. The molecule has 0 radical (unpaired) electrons. The standard InChI is InChI=1S/C23H26FN5O/c1-3-4-5-21(30)26-20-14-17(10-11-25-20)22-19-15-28(2)12-13-29(19)27-23(22)16-6-8-18(24)9-7-16/h6-11,14H,3-5,12-13,15H2,1-2H3,(H,25,26,30). The van der Waals surface area contributed by atoms with Gasteiger partial charge in [-0.25, -0.2) is 9.37 Å². The first-order chi connectivity index (χ1) is 14.5. The molecule has 4 rings (SSSR count). The summed E-state index contributed by atoms with van der Waals surface area (Å²) in [6.45, 7) is 4.55. The molecule has 1 N–H and O–H groups in total. The minimum Gasteiger partial charge on any atom is -0.311 e. The number of likely N-dealkylation sites (N-methyl/N-ethyl adjacent to an activating group) is 1. The number of carbonyl (C=O) groups is 1. The number of nitrogens with one attached hydrogen (secondary N) is 1. The highest BCUT2D eigenvalue weighted by Gasteiger charge is 2.25. The van der Waals surface area contributed by atoms with E-state index in [-0.39, 0.29) is 11.7 Å². The molecule has 30 heavy (non-hydrogen) atoms. The molecule has 0 atom stereocenters. The van der Waals surface area contributed by atoms with Crippen molar-refractivity contribution < 1.29 is 9.18 Å². The van der Waals surface area contributed by atoms with E-state index in [0.717, 1.165) is 60.6 Å². The number of carbonyl (C=O) groups excluding carboxylic acids is 1. The first-order valence-electron chi connectivity index (χ1n) is 10.4. The third-order valence-corrected chi connectivity index (χ3v) is 5.36. The Kier molecular flexibility index (Phi) is 5.90. The maximum atomic E-state index is 13.5. The molecule has 7 heteroatoms. The topological polar surface area (TPSA) is 63.1 Å². The van der Waals surface area contributed by atoms with Crippen LogP contribution in [0.25, 0.3) is 22.4 Å². The monoisotopic (exact) mass is 407 g/mol. The molecule has 1 amide bonds. The second-order valence-electron chi connectivity index (χ2n) is 7.72. The number of unbranched alkanes of at least 4 members (excludes halogenated alkanes) is 1. The number of hydrogen-bond donors (Lipinski definition) is 1. The van der Waals surface area contributed by atoms with Crippen molar-refractivity contribution in [1.82, 2.24) is 19.7 Å². The third-order valence-electron chi connectivity index (χ3n) is 5.36. The number of benzene rings is 1. The summed E-state index contributed by atoms with van der Waals surface area (Å²) in [6, 6.07) is 10.2. The van der Waals surface area contributed by atoms with Crippen LogP contribution in [0.3, 0.4) is 0 Å². The zero-order valence-corrected chi connectivity index (χ0v) is 17.4. The van der Waals surface area contributed by atoms with Crippen molar-refractivity contribution >= 4 is 11.7 Å². The third kappa shape index (κ3) is 4.26. The van der Waals surface area contributed by atoms with E-state index in [1.54, 1.807) is 18.3 Å². The zero-order chi connectivity index (χ0) is 21.1. The average Bonchev–Trinajstić information content (AvgIpc) is 3.11. The molecule has 0 aliphatic carbocycles. The summed E-state index contributed by atoms with van der Waals surface area (Å²) in [6.07, 6.45) is 4.01. The number of nitrogens with zero attached hydrogens (tertiary/aromatic N) is 4. The maximum Gasteiger partial charge on any atom is 0.225 e. The van der Waals surface area contributed by atoms with Gasteiger partial charge in [-0.2, -0.15) is 5.10 Å². The van der Waals surface area contributed by atoms with Crippen LogP contribution in [-0.4, -0.2) is 39.2 Å². The summed E-state index contributed by atoms with van der Waals surface area (Å²) in [5.74, 6) is 0.227. The zero-order valence-electron chi connectivity index (χ0n) is 17.4. The van der Waals surface area contributed by atoms with Gasteiger partial charge in [-0.3, -0.25) is 14.4 Å². The SMILES string of the molecule is CCCCC(=O)Nc1cc(-c2c(-c3ccc(F)cc3)nn3c2CN(C)CC3)ccn1. The van der Waals surface area contributed by atoms with E-state index >= 15 is 0 Å². The molecule has 0 saturated carbocycles. The second-order valence-corrected chi connectivity index (χ2v) is 7.72. The van der Waals surface area contributed by atoms with E-state index < -0.39 is 0 Å². The van der Waals surface area contributed by atoms with Gasteiger partial charge in [0.2, 0.25) is 5.91 Å². The number of pyridine rings is 1. The van der Waals surface area contributed by atoms with Crippen molar-refractivity contribution in [2.75, 3.05) is 18.9 Å². The van der Waals surface area contributed by atoms with Crippen molar-refractivity contribution in [3.8, 4) is 22.4 Å². The van der Waals surface area contributed by atoms with Crippen molar-refractivity contribution in [3.05, 3.63) is 54.1 Å². The number of hydrogen-bond acceptors (Lipinski definition) is 4. The molecule has 0 spiro atoms. The highest BCUT2D eigenvalue weighted by atomic mass is 19.1. The fourth-order valence-corrected chi connectivity index (χ4v) is 3.75. The Bertz CT molecular complexity index is 1040. The van der Waals surface area contributed by atoms with E-state index in [1.165, 1.54) is 12.1 Å². The number of anilines is 1. The van der Waals surface area contributed by atoms with Gasteiger partial charge < -0.3 is 5.32 Å². The number of aromatic nitrogens is 3. The van der Waals surface area contributed by atoms with Crippen LogP contribution in [0.2, 0.25) is 0 Å².